The average molecular weight is 213 g/mol. The topological polar surface area (TPSA) is 50.9 Å². The zero-order valence-electron chi connectivity index (χ0n) is 9.22. The molecule has 0 spiro atoms. The molecular formula is C13H15N3. The van der Waals surface area contributed by atoms with Crippen LogP contribution >= 0.6 is 0 Å². The van der Waals surface area contributed by atoms with Crippen molar-refractivity contribution in [3.05, 3.63) is 65.5 Å². The van der Waals surface area contributed by atoms with E-state index in [1.165, 1.54) is 5.56 Å². The van der Waals surface area contributed by atoms with E-state index in [1.54, 1.807) is 6.20 Å². The van der Waals surface area contributed by atoms with Gasteiger partial charge < -0.3 is 0 Å². The first-order valence-electron chi connectivity index (χ1n) is 5.25. The zero-order valence-corrected chi connectivity index (χ0v) is 9.22. The van der Waals surface area contributed by atoms with Crippen LogP contribution in [0.15, 0.2) is 48.7 Å². The number of nitrogens with two attached hydrogens (primary N) is 1. The third-order valence-corrected chi connectivity index (χ3v) is 2.65. The molecule has 82 valence electrons. The van der Waals surface area contributed by atoms with E-state index in [2.05, 4.69) is 29.5 Å². The Balaban J connectivity index is 2.41. The van der Waals surface area contributed by atoms with Crippen molar-refractivity contribution in [2.75, 3.05) is 0 Å². The predicted octanol–water partition coefficient (Wildman–Crippen LogP) is 1.94. The summed E-state index contributed by atoms with van der Waals surface area (Å²) in [5.41, 5.74) is 6.10. The first kappa shape index (κ1) is 10.8. The van der Waals surface area contributed by atoms with Gasteiger partial charge in [0.25, 0.3) is 0 Å². The zero-order chi connectivity index (χ0) is 11.4. The maximum atomic E-state index is 5.62. The molecule has 0 bridgehead atoms. The minimum atomic E-state index is -0.0533. The maximum Gasteiger partial charge on any atom is 0.0883 e. The second kappa shape index (κ2) is 4.88. The lowest BCUT2D eigenvalue weighted by atomic mass is 9.99. The monoisotopic (exact) mass is 213 g/mol. The van der Waals surface area contributed by atoms with Gasteiger partial charge in [0.05, 0.1) is 11.7 Å². The molecule has 1 unspecified atom stereocenters. The van der Waals surface area contributed by atoms with Crippen LogP contribution in [0.5, 0.6) is 0 Å². The van der Waals surface area contributed by atoms with Crippen LogP contribution in [0.3, 0.4) is 0 Å². The first-order valence-corrected chi connectivity index (χ1v) is 5.25. The maximum absolute atomic E-state index is 5.62. The summed E-state index contributed by atoms with van der Waals surface area (Å²) in [6.45, 7) is 2.07. The molecule has 0 aliphatic carbocycles. The molecule has 0 aliphatic heterocycles. The summed E-state index contributed by atoms with van der Waals surface area (Å²) in [5.74, 6) is 5.62. The van der Waals surface area contributed by atoms with E-state index in [4.69, 9.17) is 5.84 Å². The number of nitrogens with one attached hydrogen (secondary N) is 1. The Hall–Kier alpha value is -1.71. The Labute approximate surface area is 95.3 Å². The Kier molecular flexibility index (Phi) is 3.29. The van der Waals surface area contributed by atoms with Crippen LogP contribution in [0.1, 0.15) is 22.9 Å². The van der Waals surface area contributed by atoms with Crippen LogP contribution in [0.2, 0.25) is 0 Å². The van der Waals surface area contributed by atoms with Crippen molar-refractivity contribution >= 4 is 0 Å². The molecule has 2 rings (SSSR count). The van der Waals surface area contributed by atoms with Crippen molar-refractivity contribution in [3.63, 3.8) is 0 Å². The summed E-state index contributed by atoms with van der Waals surface area (Å²) in [4.78, 5) is 4.32. The van der Waals surface area contributed by atoms with Gasteiger partial charge in [-0.25, -0.2) is 5.43 Å². The highest BCUT2D eigenvalue weighted by Gasteiger charge is 2.14. The van der Waals surface area contributed by atoms with Gasteiger partial charge in [0.15, 0.2) is 0 Å². The van der Waals surface area contributed by atoms with Gasteiger partial charge >= 0.3 is 0 Å². The van der Waals surface area contributed by atoms with Gasteiger partial charge in [-0.05, 0) is 30.2 Å². The average Bonchev–Trinajstić information content (AvgIpc) is 2.34. The number of hydrogen-bond acceptors (Lipinski definition) is 3. The molecule has 3 N–H and O–H groups in total. The molecule has 1 heterocycles. The third-order valence-electron chi connectivity index (χ3n) is 2.65. The highest BCUT2D eigenvalue weighted by Crippen LogP contribution is 2.21. The minimum Gasteiger partial charge on any atom is -0.271 e. The summed E-state index contributed by atoms with van der Waals surface area (Å²) in [6, 6.07) is 13.9. The van der Waals surface area contributed by atoms with E-state index < -0.39 is 0 Å². The number of nitrogens with zero attached hydrogens (tertiary/aromatic N) is 1. The molecule has 2 aromatic rings. The summed E-state index contributed by atoms with van der Waals surface area (Å²) in [7, 11) is 0. The lowest BCUT2D eigenvalue weighted by Crippen LogP contribution is -2.29. The van der Waals surface area contributed by atoms with Crippen LogP contribution in [0.4, 0.5) is 0 Å². The van der Waals surface area contributed by atoms with E-state index in [9.17, 15) is 0 Å². The second-order valence-corrected chi connectivity index (χ2v) is 3.71. The largest absolute Gasteiger partial charge is 0.271 e. The fourth-order valence-corrected chi connectivity index (χ4v) is 1.79. The van der Waals surface area contributed by atoms with Gasteiger partial charge in [0.1, 0.15) is 0 Å². The molecule has 1 atom stereocenters. The molecule has 0 saturated carbocycles. The minimum absolute atomic E-state index is 0.0533. The van der Waals surface area contributed by atoms with Crippen molar-refractivity contribution in [1.29, 1.82) is 0 Å². The molecule has 0 amide bonds. The number of benzene rings is 1. The number of hydrogen-bond donors (Lipinski definition) is 2. The molecule has 3 nitrogen and oxygen atoms in total. The number of aromatic nitrogens is 1. The van der Waals surface area contributed by atoms with E-state index in [1.807, 2.05) is 30.3 Å². The highest BCUT2D eigenvalue weighted by atomic mass is 15.2. The molecule has 0 aliphatic rings. The van der Waals surface area contributed by atoms with Crippen LogP contribution in [0.25, 0.3) is 0 Å². The van der Waals surface area contributed by atoms with Crippen LogP contribution < -0.4 is 11.3 Å². The Morgan fingerprint density at radius 3 is 2.50 bits per heavy atom. The summed E-state index contributed by atoms with van der Waals surface area (Å²) < 4.78 is 0. The number of aryl methyl sites for hydroxylation is 1. The first-order chi connectivity index (χ1) is 7.83. The third kappa shape index (κ3) is 2.10. The van der Waals surface area contributed by atoms with Gasteiger partial charge in [-0.1, -0.05) is 30.3 Å². The van der Waals surface area contributed by atoms with Crippen molar-refractivity contribution in [2.45, 2.75) is 13.0 Å². The molecule has 0 fully saturated rings. The van der Waals surface area contributed by atoms with Crippen molar-refractivity contribution in [2.24, 2.45) is 5.84 Å². The molecular weight excluding hydrogens is 198 g/mol. The number of pyridine rings is 1. The van der Waals surface area contributed by atoms with E-state index >= 15 is 0 Å². The van der Waals surface area contributed by atoms with Crippen molar-refractivity contribution in [3.8, 4) is 0 Å². The lowest BCUT2D eigenvalue weighted by molar-refractivity contribution is 0.618. The van der Waals surface area contributed by atoms with E-state index in [0.717, 1.165) is 11.3 Å². The Morgan fingerprint density at radius 1 is 1.12 bits per heavy atom. The van der Waals surface area contributed by atoms with Gasteiger partial charge in [-0.2, -0.15) is 0 Å². The van der Waals surface area contributed by atoms with Gasteiger partial charge in [0, 0.05) is 6.20 Å². The quantitative estimate of drug-likeness (QED) is 0.605. The molecule has 3 heteroatoms. The summed E-state index contributed by atoms with van der Waals surface area (Å²) >= 11 is 0. The van der Waals surface area contributed by atoms with Gasteiger partial charge in [0.2, 0.25) is 0 Å². The fraction of sp³-hybridized carbons (Fsp3) is 0.154. The standard InChI is InChI=1S/C13H15N3/c1-10-6-2-3-7-11(10)13(16-14)12-8-4-5-9-15-12/h2-9,13,16H,14H2,1H3. The molecule has 0 saturated heterocycles. The highest BCUT2D eigenvalue weighted by molar-refractivity contribution is 5.33. The second-order valence-electron chi connectivity index (χ2n) is 3.71. The smallest absolute Gasteiger partial charge is 0.0883 e. The molecule has 1 aromatic carbocycles. The fourth-order valence-electron chi connectivity index (χ4n) is 1.79. The lowest BCUT2D eigenvalue weighted by Gasteiger charge is -2.17. The van der Waals surface area contributed by atoms with Gasteiger partial charge in [-0.15, -0.1) is 0 Å². The normalized spacial score (nSPS) is 12.4. The summed E-state index contributed by atoms with van der Waals surface area (Å²) in [6.07, 6.45) is 1.78. The molecule has 16 heavy (non-hydrogen) atoms. The van der Waals surface area contributed by atoms with Crippen LogP contribution in [-0.2, 0) is 0 Å². The predicted molar refractivity (Wildman–Crippen MR) is 64.6 cm³/mol. The van der Waals surface area contributed by atoms with Crippen molar-refractivity contribution in [1.82, 2.24) is 10.4 Å². The van der Waals surface area contributed by atoms with Crippen LogP contribution in [-0.4, -0.2) is 4.98 Å². The van der Waals surface area contributed by atoms with E-state index in [-0.39, 0.29) is 6.04 Å². The summed E-state index contributed by atoms with van der Waals surface area (Å²) in [5, 5.41) is 0. The van der Waals surface area contributed by atoms with E-state index in [0.29, 0.717) is 0 Å². The van der Waals surface area contributed by atoms with Crippen LogP contribution in [0, 0.1) is 6.92 Å². The Morgan fingerprint density at radius 2 is 1.88 bits per heavy atom. The molecule has 0 radical (unpaired) electrons. The SMILES string of the molecule is Cc1ccccc1C(NN)c1ccccn1. The Bertz CT molecular complexity index is 454. The van der Waals surface area contributed by atoms with Crippen molar-refractivity contribution < 1.29 is 0 Å². The number of hydrazine groups is 1. The molecule has 1 aromatic heterocycles. The number of rotatable bonds is 3. The van der Waals surface area contributed by atoms with Gasteiger partial charge in [-0.3, -0.25) is 10.8 Å².